The van der Waals surface area contributed by atoms with Crippen molar-refractivity contribution in [2.45, 2.75) is 0 Å². The van der Waals surface area contributed by atoms with E-state index < -0.39 is 0 Å². The zero-order valence-electron chi connectivity index (χ0n) is 25.2. The fraction of sp³-hybridized carbons (Fsp3) is 0.118. The van der Waals surface area contributed by atoms with Gasteiger partial charge in [-0.05, 0) is 48.5 Å². The SMILES string of the molecule is COc1ccc(C(=[OH+])[CH+]C(=[OH+])c2ccc(OC)cc2)cc1.COc1ccc(C(=[OH+])[CH+]C(=[OH+])c2ccc(OC)cc2)cc1.[ClH2+].[ClH2+].[Ti]. The molecule has 0 aliphatic carbocycles. The Labute approximate surface area is 290 Å². The number of carbonyl (C=O) groups excluding carboxylic acids is 4. The first-order valence-corrected chi connectivity index (χ1v) is 12.8. The predicted octanol–water partition coefficient (Wildman–Crippen LogP) is 3.72. The molecule has 4 N–H and O–H groups in total. The van der Waals surface area contributed by atoms with E-state index in [1.165, 1.54) is 12.8 Å². The molecule has 0 atom stereocenters. The van der Waals surface area contributed by atoms with E-state index in [2.05, 4.69) is 0 Å². The van der Waals surface area contributed by atoms with Crippen LogP contribution < -0.4 is 18.9 Å². The van der Waals surface area contributed by atoms with Gasteiger partial charge in [0, 0.05) is 70.2 Å². The van der Waals surface area contributed by atoms with Crippen molar-refractivity contribution in [2.75, 3.05) is 28.4 Å². The molecule has 0 radical (unpaired) electrons. The smallest absolute Gasteiger partial charge is 0.461 e. The molecule has 0 bridgehead atoms. The first kappa shape index (κ1) is 40.8. The van der Waals surface area contributed by atoms with Gasteiger partial charge < -0.3 is 18.9 Å². The Balaban J connectivity index is 0.000000807. The zero-order chi connectivity index (χ0) is 30.5. The van der Waals surface area contributed by atoms with Crippen molar-refractivity contribution < 1.29 is 84.7 Å². The van der Waals surface area contributed by atoms with Crippen LogP contribution in [0, 0.1) is 37.7 Å². The van der Waals surface area contributed by atoms with E-state index in [1.807, 2.05) is 0 Å². The van der Waals surface area contributed by atoms with Crippen LogP contribution in [0.15, 0.2) is 97.1 Å². The van der Waals surface area contributed by atoms with Crippen LogP contribution in [0.1, 0.15) is 22.3 Å². The Morgan fingerprint density at radius 3 is 0.667 bits per heavy atom. The van der Waals surface area contributed by atoms with E-state index in [4.69, 9.17) is 18.9 Å². The summed E-state index contributed by atoms with van der Waals surface area (Å²) in [6.07, 6.45) is 2.62. The van der Waals surface area contributed by atoms with Crippen molar-refractivity contribution in [3.8, 4) is 23.0 Å². The first-order valence-electron chi connectivity index (χ1n) is 12.8. The molecular weight excluding hydrogens is 655 g/mol. The van der Waals surface area contributed by atoms with Crippen molar-refractivity contribution in [3.05, 3.63) is 132 Å². The summed E-state index contributed by atoms with van der Waals surface area (Å²) in [4.78, 5) is 40.1. The van der Waals surface area contributed by atoms with Crippen LogP contribution in [0.25, 0.3) is 0 Å². The van der Waals surface area contributed by atoms with Crippen LogP contribution in [0.2, 0.25) is 0 Å². The van der Waals surface area contributed by atoms with E-state index in [1.54, 1.807) is 126 Å². The normalized spacial score (nSPS) is 9.16. The fourth-order valence-electron chi connectivity index (χ4n) is 3.64. The number of ketones is 4. The second-order valence-corrected chi connectivity index (χ2v) is 8.74. The Morgan fingerprint density at radius 2 is 0.533 bits per heavy atom. The Hall–Kier alpha value is -4.21. The number of benzene rings is 4. The standard InChI is InChI=1S/2C17H15O4.2ClH2.Ti/c2*1-20-14-7-3-12(4-8-14)16(18)11-17(19)13-5-9-15(21-2)10-6-13;;;/h2*3-11H,1-2H3;2*1H2;/q4*+1;/p+4. The molecule has 0 amide bonds. The van der Waals surface area contributed by atoms with Gasteiger partial charge in [0.15, 0.2) is 22.3 Å². The second kappa shape index (κ2) is 20.7. The maximum absolute atomic E-state index is 10.0. The summed E-state index contributed by atoms with van der Waals surface area (Å²) in [5.41, 5.74) is 2.37. The molecule has 4 aromatic carbocycles. The molecule has 0 aromatic heterocycles. The third-order valence-corrected chi connectivity index (χ3v) is 6.09. The average Bonchev–Trinajstić information content (AvgIpc) is 3.05. The Bertz CT molecular complexity index is 1270. The minimum atomic E-state index is -0.0222. The molecule has 0 saturated heterocycles. The first-order chi connectivity index (χ1) is 20.3. The van der Waals surface area contributed by atoms with Gasteiger partial charge in [-0.3, -0.25) is 0 Å². The monoisotopic (exact) mass is 692 g/mol. The molecule has 45 heavy (non-hydrogen) atoms. The molecule has 0 spiro atoms. The third-order valence-electron chi connectivity index (χ3n) is 6.09. The van der Waals surface area contributed by atoms with Gasteiger partial charge in [0.2, 0.25) is 0 Å². The van der Waals surface area contributed by atoms with Gasteiger partial charge >= 0.3 is 23.1 Å². The van der Waals surface area contributed by atoms with Gasteiger partial charge in [0.1, 0.15) is 23.0 Å². The average molecular weight is 693 g/mol. The number of rotatable bonds is 12. The van der Waals surface area contributed by atoms with Crippen LogP contribution in [0.4, 0.5) is 0 Å². The summed E-state index contributed by atoms with van der Waals surface area (Å²) in [5.74, 6) is 2.73. The van der Waals surface area contributed by atoms with Crippen LogP contribution in [0.5, 0.6) is 23.0 Å². The second-order valence-electron chi connectivity index (χ2n) is 8.74. The molecule has 0 saturated carbocycles. The zero-order valence-corrected chi connectivity index (χ0v) is 28.6. The molecule has 0 unspecified atom stereocenters. The number of halogens is 2. The van der Waals surface area contributed by atoms with Crippen molar-refractivity contribution in [1.82, 2.24) is 0 Å². The minimum absolute atomic E-state index is 0. The molecule has 232 valence electrons. The Kier molecular flexibility index (Phi) is 18.8. The Morgan fingerprint density at radius 1 is 0.378 bits per heavy atom. The van der Waals surface area contributed by atoms with Gasteiger partial charge in [-0.15, -0.1) is 0 Å². The third kappa shape index (κ3) is 12.4. The van der Waals surface area contributed by atoms with Crippen LogP contribution in [-0.4, -0.2) is 70.8 Å². The van der Waals surface area contributed by atoms with Gasteiger partial charge in [0.05, 0.1) is 53.3 Å². The largest absolute Gasteiger partial charge is 0.497 e. The molecule has 11 heteroatoms. The van der Waals surface area contributed by atoms with Crippen LogP contribution in [0.3, 0.4) is 0 Å². The summed E-state index contributed by atoms with van der Waals surface area (Å²) >= 11 is 0. The molecule has 0 aliphatic heterocycles. The van der Waals surface area contributed by atoms with Crippen molar-refractivity contribution in [3.63, 3.8) is 0 Å². The van der Waals surface area contributed by atoms with Gasteiger partial charge in [-0.25, -0.2) is 19.2 Å². The van der Waals surface area contributed by atoms with E-state index in [9.17, 15) is 19.2 Å². The van der Waals surface area contributed by atoms with Crippen LogP contribution >= 0.6 is 0 Å². The number of hydrogen-bond acceptors (Lipinski definition) is 4. The quantitative estimate of drug-likeness (QED) is 0.0739. The maximum Gasteiger partial charge on any atom is 0.461 e. The van der Waals surface area contributed by atoms with Crippen molar-refractivity contribution in [1.29, 1.82) is 0 Å². The summed E-state index contributed by atoms with van der Waals surface area (Å²) in [7, 11) is 6.31. The number of methoxy groups -OCH3 is 4. The van der Waals surface area contributed by atoms with Gasteiger partial charge in [-0.1, -0.05) is 0 Å². The van der Waals surface area contributed by atoms with E-state index in [0.29, 0.717) is 45.3 Å². The number of hydrogen-bond donors (Lipinski definition) is 0. The predicted molar refractivity (Wildman–Crippen MR) is 170 cm³/mol. The molecule has 4 aromatic rings. The van der Waals surface area contributed by atoms with E-state index in [0.717, 1.165) is 0 Å². The van der Waals surface area contributed by atoms with Gasteiger partial charge in [-0.2, -0.15) is 0 Å². The van der Waals surface area contributed by atoms with E-state index in [-0.39, 0.29) is 69.7 Å². The van der Waals surface area contributed by atoms with Crippen molar-refractivity contribution >= 4 is 23.1 Å². The van der Waals surface area contributed by atoms with E-state index >= 15 is 0 Å². The molecule has 0 fully saturated rings. The molecule has 0 heterocycles. The molecule has 0 aliphatic rings. The molecule has 8 nitrogen and oxygen atoms in total. The topological polar surface area (TPSA) is 123 Å². The van der Waals surface area contributed by atoms with Crippen LogP contribution in [-0.2, 0) is 21.7 Å². The fourth-order valence-corrected chi connectivity index (χ4v) is 3.64. The number of ether oxygens (including phenoxy) is 4. The van der Waals surface area contributed by atoms with Crippen molar-refractivity contribution in [2.24, 2.45) is 0 Å². The molecule has 4 rings (SSSR count). The summed E-state index contributed by atoms with van der Waals surface area (Å²) in [6.45, 7) is 0. The minimum Gasteiger partial charge on any atom is -0.497 e. The summed E-state index contributed by atoms with van der Waals surface area (Å²) in [6, 6.07) is 27.6. The molecular formula is C34H38Cl2O8Ti+8. The van der Waals surface area contributed by atoms with Gasteiger partial charge in [0.25, 0.3) is 12.8 Å². The maximum atomic E-state index is 10.0. The summed E-state index contributed by atoms with van der Waals surface area (Å²) in [5, 5.41) is 0. The summed E-state index contributed by atoms with van der Waals surface area (Å²) < 4.78 is 20.2.